The number of carbonyl (C=O) groups excluding carboxylic acids is 1. The van der Waals surface area contributed by atoms with E-state index in [4.69, 9.17) is 0 Å². The maximum atomic E-state index is 9.67. The summed E-state index contributed by atoms with van der Waals surface area (Å²) < 4.78 is 0.169. The van der Waals surface area contributed by atoms with Gasteiger partial charge in [-0.2, -0.15) is 0 Å². The van der Waals surface area contributed by atoms with Gasteiger partial charge in [0.15, 0.2) is 0 Å². The van der Waals surface area contributed by atoms with Gasteiger partial charge in [0.05, 0.1) is 0 Å². The summed E-state index contributed by atoms with van der Waals surface area (Å²) in [5, 5.41) is 0. The van der Waals surface area contributed by atoms with E-state index >= 15 is 0 Å². The molecule has 0 unspecified atom stereocenters. The molecule has 0 aromatic heterocycles. The van der Waals surface area contributed by atoms with Gasteiger partial charge < -0.3 is 0 Å². The van der Waals surface area contributed by atoms with Crippen molar-refractivity contribution >= 4 is 27.2 Å². The Bertz CT molecular complexity index is 75.0. The molecule has 0 rings (SSSR count). The Hall–Kier alpha value is 0.370. The lowest BCUT2D eigenvalue weighted by atomic mass is 10.3. The van der Waals surface area contributed by atoms with Crippen LogP contribution in [-0.4, -0.2) is 10.4 Å². The highest BCUT2D eigenvalue weighted by atomic mass is 33.1. The highest BCUT2D eigenvalue weighted by molar-refractivity contribution is 8.82. The monoisotopic (exact) mass is 149 g/mol. The molecule has 0 aliphatic heterocycles. The molecule has 0 bridgehead atoms. The van der Waals surface area contributed by atoms with E-state index < -0.39 is 0 Å². The van der Waals surface area contributed by atoms with Crippen molar-refractivity contribution in [2.75, 3.05) is 0 Å². The topological polar surface area (TPSA) is 17.1 Å². The molecule has 47 valence electrons. The smallest absolute Gasteiger partial charge is 0.276 e. The van der Waals surface area contributed by atoms with E-state index in [1.54, 1.807) is 5.62 Å². The molecule has 0 amide bonds. The van der Waals surface area contributed by atoms with E-state index in [1.807, 2.05) is 0 Å². The molecule has 0 aromatic rings. The van der Waals surface area contributed by atoms with Crippen LogP contribution >= 0.6 is 21.6 Å². The van der Waals surface area contributed by atoms with Crippen LogP contribution in [0.2, 0.25) is 0 Å². The lowest BCUT2D eigenvalue weighted by Crippen LogP contribution is -2.04. The summed E-state index contributed by atoms with van der Waals surface area (Å²) in [4.78, 5) is 9.67. The van der Waals surface area contributed by atoms with Crippen LogP contribution in [0.5, 0.6) is 0 Å². The van der Waals surface area contributed by atoms with Crippen molar-refractivity contribution in [1.29, 1.82) is 0 Å². The molecule has 0 atom stereocenters. The summed E-state index contributed by atoms with van der Waals surface area (Å²) in [7, 11) is 2.65. The van der Waals surface area contributed by atoms with Gasteiger partial charge in [0, 0.05) is 4.75 Å². The summed E-state index contributed by atoms with van der Waals surface area (Å²) in [6.07, 6.45) is 0. The van der Waals surface area contributed by atoms with Crippen molar-refractivity contribution in [3.8, 4) is 0 Å². The second-order valence-electron chi connectivity index (χ2n) is 2.36. The quantitative estimate of drug-likeness (QED) is 0.560. The van der Waals surface area contributed by atoms with Crippen LogP contribution in [0.4, 0.5) is 0 Å². The summed E-state index contributed by atoms with van der Waals surface area (Å²) in [5.41, 5.74) is 1.75. The van der Waals surface area contributed by atoms with E-state index in [-0.39, 0.29) is 4.75 Å². The predicted octanol–water partition coefficient (Wildman–Crippen LogP) is 2.23. The van der Waals surface area contributed by atoms with Gasteiger partial charge in [0.1, 0.15) is 0 Å². The van der Waals surface area contributed by atoms with Crippen LogP contribution in [0.3, 0.4) is 0 Å². The lowest BCUT2D eigenvalue weighted by Gasteiger charge is -2.12. The van der Waals surface area contributed by atoms with Gasteiger partial charge in [0.2, 0.25) is 0 Å². The van der Waals surface area contributed by atoms with Crippen LogP contribution in [0.25, 0.3) is 0 Å². The van der Waals surface area contributed by atoms with Gasteiger partial charge in [-0.1, -0.05) is 31.6 Å². The molecule has 0 saturated heterocycles. The molecule has 0 aromatic carbocycles. The van der Waals surface area contributed by atoms with E-state index in [0.717, 1.165) is 10.8 Å². The molecule has 0 N–H and O–H groups in total. The largest absolute Gasteiger partial charge is 0.277 e. The Morgan fingerprint density at radius 3 is 2.00 bits per heavy atom. The van der Waals surface area contributed by atoms with E-state index in [2.05, 4.69) is 20.8 Å². The van der Waals surface area contributed by atoms with Crippen molar-refractivity contribution in [3.05, 3.63) is 0 Å². The third kappa shape index (κ3) is 6.37. The molecule has 0 spiro atoms. The maximum Gasteiger partial charge on any atom is 0.277 e. The van der Waals surface area contributed by atoms with Crippen LogP contribution in [0.15, 0.2) is 0 Å². The minimum atomic E-state index is 0.169. The van der Waals surface area contributed by atoms with Crippen molar-refractivity contribution in [1.82, 2.24) is 0 Å². The Morgan fingerprint density at radius 1 is 1.38 bits per heavy atom. The summed E-state index contributed by atoms with van der Waals surface area (Å²) in [6.45, 7) is 6.17. The molecule has 3 heteroatoms. The Morgan fingerprint density at radius 2 is 1.88 bits per heavy atom. The van der Waals surface area contributed by atoms with E-state index in [9.17, 15) is 4.79 Å². The van der Waals surface area contributed by atoms with Crippen LogP contribution < -0.4 is 0 Å². The van der Waals surface area contributed by atoms with Crippen LogP contribution in [0, 0.1) is 0 Å². The van der Waals surface area contributed by atoms with Crippen molar-refractivity contribution in [2.24, 2.45) is 0 Å². The van der Waals surface area contributed by atoms with E-state index in [1.165, 1.54) is 10.8 Å². The number of hydrogen-bond donors (Lipinski definition) is 0. The first-order valence-electron chi connectivity index (χ1n) is 2.28. The second kappa shape index (κ2) is 3.41. The van der Waals surface area contributed by atoms with Gasteiger partial charge >= 0.3 is 0 Å². The Labute approximate surface area is 58.0 Å². The maximum absolute atomic E-state index is 9.67. The molecular formula is C5H9OS2. The molecule has 0 aliphatic carbocycles. The number of hydrogen-bond acceptors (Lipinski definition) is 3. The van der Waals surface area contributed by atoms with Gasteiger partial charge in [-0.25, -0.2) is 0 Å². The molecule has 8 heavy (non-hydrogen) atoms. The first-order valence-corrected chi connectivity index (χ1v) is 4.43. The lowest BCUT2D eigenvalue weighted by molar-refractivity contribution is 0.570. The van der Waals surface area contributed by atoms with Crippen LogP contribution in [0.1, 0.15) is 20.8 Å². The first kappa shape index (κ1) is 8.37. The third-order valence-corrected chi connectivity index (χ3v) is 2.93. The SMILES string of the molecule is CC(C)(C)SS[C]=O. The fraction of sp³-hybridized carbons (Fsp3) is 0.800. The zero-order chi connectivity index (χ0) is 6.62. The Kier molecular flexibility index (Phi) is 3.56. The zero-order valence-electron chi connectivity index (χ0n) is 5.22. The van der Waals surface area contributed by atoms with Crippen molar-refractivity contribution in [3.63, 3.8) is 0 Å². The van der Waals surface area contributed by atoms with Gasteiger partial charge in [-0.05, 0) is 10.8 Å². The van der Waals surface area contributed by atoms with Gasteiger partial charge in [-0.15, -0.1) is 0 Å². The molecule has 0 fully saturated rings. The average molecular weight is 149 g/mol. The summed E-state index contributed by atoms with van der Waals surface area (Å²) >= 11 is 0. The minimum absolute atomic E-state index is 0.169. The molecule has 0 aliphatic rings. The number of rotatable bonds is 2. The summed E-state index contributed by atoms with van der Waals surface area (Å²) in [6, 6.07) is 0. The van der Waals surface area contributed by atoms with Gasteiger partial charge in [0.25, 0.3) is 5.62 Å². The molecule has 1 radical (unpaired) electrons. The highest BCUT2D eigenvalue weighted by Gasteiger charge is 2.09. The predicted molar refractivity (Wildman–Crippen MR) is 40.6 cm³/mol. The average Bonchev–Trinajstić information content (AvgIpc) is 1.59. The normalized spacial score (nSPS) is 11.4. The second-order valence-corrected chi connectivity index (χ2v) is 5.09. The van der Waals surface area contributed by atoms with Crippen LogP contribution in [-0.2, 0) is 4.79 Å². The molecular weight excluding hydrogens is 140 g/mol. The van der Waals surface area contributed by atoms with Crippen molar-refractivity contribution in [2.45, 2.75) is 25.5 Å². The fourth-order valence-corrected chi connectivity index (χ4v) is 1.28. The molecule has 0 heterocycles. The van der Waals surface area contributed by atoms with Crippen molar-refractivity contribution < 1.29 is 4.79 Å². The molecule has 1 nitrogen and oxygen atoms in total. The fourth-order valence-electron chi connectivity index (χ4n) is 0.142. The summed E-state index contributed by atoms with van der Waals surface area (Å²) in [5.74, 6) is 0. The zero-order valence-corrected chi connectivity index (χ0v) is 6.86. The minimum Gasteiger partial charge on any atom is -0.276 e. The Balaban J connectivity index is 3.24. The third-order valence-electron chi connectivity index (χ3n) is 0.326. The molecule has 0 saturated carbocycles. The standard InChI is InChI=1S/C5H9OS2/c1-5(2,3)8-7-4-6/h1-3H3. The van der Waals surface area contributed by atoms with Gasteiger partial charge in [-0.3, -0.25) is 4.79 Å². The van der Waals surface area contributed by atoms with E-state index in [0.29, 0.717) is 0 Å². The highest BCUT2D eigenvalue weighted by Crippen LogP contribution is 2.32. The first-order chi connectivity index (χ1) is 3.56.